The van der Waals surface area contributed by atoms with Crippen LogP contribution in [0.4, 0.5) is 0 Å². The van der Waals surface area contributed by atoms with Crippen molar-refractivity contribution < 1.29 is 28.8 Å². The Balaban J connectivity index is 1.84. The van der Waals surface area contributed by atoms with E-state index in [1.54, 1.807) is 21.3 Å². The lowest BCUT2D eigenvalue weighted by molar-refractivity contribution is 0.152. The van der Waals surface area contributed by atoms with Gasteiger partial charge in [0.25, 0.3) is 0 Å². The third-order valence-corrected chi connectivity index (χ3v) is 5.13. The number of ether oxygens (including phenoxy) is 5. The third-order valence-electron chi connectivity index (χ3n) is 5.13. The van der Waals surface area contributed by atoms with Crippen molar-refractivity contribution >= 4 is 0 Å². The summed E-state index contributed by atoms with van der Waals surface area (Å²) in [6.45, 7) is 0.211. The Labute approximate surface area is 152 Å². The number of aliphatic hydroxyl groups is 1. The van der Waals surface area contributed by atoms with Gasteiger partial charge in [-0.2, -0.15) is 0 Å². The molecular weight excluding hydrogens is 336 g/mol. The van der Waals surface area contributed by atoms with Gasteiger partial charge in [0.1, 0.15) is 0 Å². The van der Waals surface area contributed by atoms with Gasteiger partial charge in [-0.25, -0.2) is 0 Å². The highest BCUT2D eigenvalue weighted by atomic mass is 16.7. The highest BCUT2D eigenvalue weighted by Gasteiger charge is 2.31. The van der Waals surface area contributed by atoms with Gasteiger partial charge in [-0.05, 0) is 53.8 Å². The first kappa shape index (κ1) is 16.8. The number of benzene rings is 2. The molecule has 4 rings (SSSR count). The van der Waals surface area contributed by atoms with Crippen LogP contribution in [0.2, 0.25) is 0 Å². The molecule has 6 heteroatoms. The molecule has 0 fully saturated rings. The van der Waals surface area contributed by atoms with E-state index in [1.165, 1.54) is 0 Å². The molecule has 0 spiro atoms. The maximum atomic E-state index is 10.5. The topological polar surface area (TPSA) is 66.4 Å². The van der Waals surface area contributed by atoms with Gasteiger partial charge in [-0.3, -0.25) is 0 Å². The van der Waals surface area contributed by atoms with Crippen molar-refractivity contribution in [2.24, 2.45) is 0 Å². The van der Waals surface area contributed by atoms with Crippen molar-refractivity contribution in [1.29, 1.82) is 0 Å². The van der Waals surface area contributed by atoms with Crippen molar-refractivity contribution in [3.05, 3.63) is 41.0 Å². The fourth-order valence-corrected chi connectivity index (χ4v) is 3.85. The van der Waals surface area contributed by atoms with Crippen LogP contribution in [0.1, 0.15) is 41.6 Å². The molecule has 138 valence electrons. The molecule has 2 aliphatic rings. The van der Waals surface area contributed by atoms with Crippen LogP contribution in [-0.4, -0.2) is 33.2 Å². The molecule has 0 amide bonds. The van der Waals surface area contributed by atoms with E-state index in [9.17, 15) is 5.11 Å². The van der Waals surface area contributed by atoms with E-state index in [0.717, 1.165) is 28.9 Å². The summed E-state index contributed by atoms with van der Waals surface area (Å²) in [4.78, 5) is 0. The van der Waals surface area contributed by atoms with E-state index in [4.69, 9.17) is 23.7 Å². The van der Waals surface area contributed by atoms with E-state index in [2.05, 4.69) is 0 Å². The van der Waals surface area contributed by atoms with Crippen LogP contribution >= 0.6 is 0 Å². The van der Waals surface area contributed by atoms with Gasteiger partial charge in [0.15, 0.2) is 23.0 Å². The molecule has 1 aliphatic carbocycles. The fraction of sp³-hybridized carbons (Fsp3) is 0.400. The number of hydrogen-bond acceptors (Lipinski definition) is 6. The van der Waals surface area contributed by atoms with Gasteiger partial charge >= 0.3 is 0 Å². The van der Waals surface area contributed by atoms with Crippen LogP contribution in [0.25, 0.3) is 0 Å². The summed E-state index contributed by atoms with van der Waals surface area (Å²) in [5.41, 5.74) is 2.98. The average Bonchev–Trinajstić information content (AvgIpc) is 3.13. The van der Waals surface area contributed by atoms with E-state index in [0.29, 0.717) is 29.4 Å². The minimum Gasteiger partial charge on any atom is -0.493 e. The highest BCUT2D eigenvalue weighted by Crippen LogP contribution is 2.49. The van der Waals surface area contributed by atoms with Crippen LogP contribution in [0, 0.1) is 0 Å². The molecule has 2 aromatic rings. The zero-order chi connectivity index (χ0) is 18.3. The predicted molar refractivity (Wildman–Crippen MR) is 94.7 cm³/mol. The molecule has 6 nitrogen and oxygen atoms in total. The highest BCUT2D eigenvalue weighted by molar-refractivity contribution is 5.58. The molecule has 1 aliphatic heterocycles. The maximum absolute atomic E-state index is 10.5. The lowest BCUT2D eigenvalue weighted by Crippen LogP contribution is -2.15. The zero-order valence-corrected chi connectivity index (χ0v) is 15.1. The number of rotatable bonds is 4. The Morgan fingerprint density at radius 2 is 1.46 bits per heavy atom. The van der Waals surface area contributed by atoms with Crippen molar-refractivity contribution in [3.8, 4) is 28.7 Å². The van der Waals surface area contributed by atoms with E-state index in [1.807, 2.05) is 24.3 Å². The summed E-state index contributed by atoms with van der Waals surface area (Å²) in [6, 6.07) is 7.82. The second-order valence-electron chi connectivity index (χ2n) is 6.44. The molecule has 0 radical (unpaired) electrons. The monoisotopic (exact) mass is 358 g/mol. The molecule has 1 N–H and O–H groups in total. The number of aliphatic hydroxyl groups excluding tert-OH is 1. The first-order valence-corrected chi connectivity index (χ1v) is 8.57. The minimum atomic E-state index is -0.502. The van der Waals surface area contributed by atoms with Crippen LogP contribution in [0.3, 0.4) is 0 Å². The van der Waals surface area contributed by atoms with Crippen LogP contribution in [0.5, 0.6) is 28.7 Å². The third kappa shape index (κ3) is 2.61. The minimum absolute atomic E-state index is 0.0941. The Kier molecular flexibility index (Phi) is 4.28. The molecular formula is C20H22O6. The Morgan fingerprint density at radius 1 is 0.846 bits per heavy atom. The Hall–Kier alpha value is -2.60. The average molecular weight is 358 g/mol. The summed E-state index contributed by atoms with van der Waals surface area (Å²) in [7, 11) is 4.81. The molecule has 2 unspecified atom stereocenters. The van der Waals surface area contributed by atoms with Gasteiger partial charge in [0.2, 0.25) is 12.5 Å². The van der Waals surface area contributed by atoms with Gasteiger partial charge in [0, 0.05) is 5.92 Å². The molecule has 1 heterocycles. The summed E-state index contributed by atoms with van der Waals surface area (Å²) >= 11 is 0. The summed E-state index contributed by atoms with van der Waals surface area (Å²) in [5, 5.41) is 10.5. The first-order valence-electron chi connectivity index (χ1n) is 8.57. The van der Waals surface area contributed by atoms with Gasteiger partial charge in [0.05, 0.1) is 27.4 Å². The molecule has 2 atom stereocenters. The number of methoxy groups -OCH3 is 3. The Bertz CT molecular complexity index is 806. The second kappa shape index (κ2) is 6.61. The van der Waals surface area contributed by atoms with Crippen LogP contribution in [0.15, 0.2) is 24.3 Å². The van der Waals surface area contributed by atoms with Crippen molar-refractivity contribution in [2.75, 3.05) is 28.1 Å². The first-order chi connectivity index (χ1) is 12.7. The summed E-state index contributed by atoms with van der Waals surface area (Å²) < 4.78 is 27.4. The fourth-order valence-electron chi connectivity index (χ4n) is 3.85. The zero-order valence-electron chi connectivity index (χ0n) is 15.1. The molecule has 0 saturated heterocycles. The predicted octanol–water partition coefficient (Wildman–Crippen LogP) is 3.40. The number of fused-ring (bicyclic) bond motifs is 2. The van der Waals surface area contributed by atoms with Crippen LogP contribution < -0.4 is 23.7 Å². The lowest BCUT2D eigenvalue weighted by atomic mass is 9.77. The Morgan fingerprint density at radius 3 is 2.04 bits per heavy atom. The second-order valence-corrected chi connectivity index (χ2v) is 6.44. The van der Waals surface area contributed by atoms with Crippen molar-refractivity contribution in [2.45, 2.75) is 24.9 Å². The lowest BCUT2D eigenvalue weighted by Gasteiger charge is -2.30. The van der Waals surface area contributed by atoms with Crippen LogP contribution in [-0.2, 0) is 0 Å². The van der Waals surface area contributed by atoms with Gasteiger partial charge in [-0.1, -0.05) is 0 Å². The number of hydrogen-bond donors (Lipinski definition) is 1. The normalized spacial score (nSPS) is 20.5. The van der Waals surface area contributed by atoms with Gasteiger partial charge < -0.3 is 28.8 Å². The van der Waals surface area contributed by atoms with E-state index < -0.39 is 6.10 Å². The molecule has 0 bridgehead atoms. The standard InChI is InChI=1S/C20H22O6/c1-22-18-6-11(7-19(23-2)20(18)24-3)12-4-5-15(21)14-9-17-16(8-13(12)14)25-10-26-17/h6-9,12,15,21H,4-5,10H2,1-3H3. The van der Waals surface area contributed by atoms with E-state index in [-0.39, 0.29) is 12.7 Å². The molecule has 2 aromatic carbocycles. The van der Waals surface area contributed by atoms with Crippen molar-refractivity contribution in [1.82, 2.24) is 0 Å². The molecule has 0 saturated carbocycles. The molecule has 0 aromatic heterocycles. The quantitative estimate of drug-likeness (QED) is 0.904. The largest absolute Gasteiger partial charge is 0.493 e. The summed E-state index contributed by atoms with van der Waals surface area (Å²) in [6.07, 6.45) is 0.984. The van der Waals surface area contributed by atoms with Gasteiger partial charge in [-0.15, -0.1) is 0 Å². The summed E-state index contributed by atoms with van der Waals surface area (Å²) in [5.74, 6) is 3.31. The molecule has 26 heavy (non-hydrogen) atoms. The van der Waals surface area contributed by atoms with Crippen molar-refractivity contribution in [3.63, 3.8) is 0 Å². The maximum Gasteiger partial charge on any atom is 0.231 e. The van der Waals surface area contributed by atoms with E-state index >= 15 is 0 Å². The smallest absolute Gasteiger partial charge is 0.231 e. The SMILES string of the molecule is COc1cc(C2CCC(O)c3cc4c(cc32)OCO4)cc(OC)c1OC.